The van der Waals surface area contributed by atoms with Gasteiger partial charge in [-0.15, -0.1) is 0 Å². The molecule has 13 heteroatoms. The van der Waals surface area contributed by atoms with E-state index in [0.29, 0.717) is 23.1 Å². The van der Waals surface area contributed by atoms with Crippen molar-refractivity contribution in [1.82, 2.24) is 19.4 Å². The molecule has 2 aliphatic rings. The number of H-pyrrole nitrogens is 1. The second-order valence-electron chi connectivity index (χ2n) is 10.4. The van der Waals surface area contributed by atoms with E-state index in [1.165, 1.54) is 0 Å². The Morgan fingerprint density at radius 3 is 2.46 bits per heavy atom. The van der Waals surface area contributed by atoms with Gasteiger partial charge >= 0.3 is 0 Å². The van der Waals surface area contributed by atoms with Crippen molar-refractivity contribution in [2.75, 3.05) is 31.2 Å². The van der Waals surface area contributed by atoms with Crippen LogP contribution in [0.5, 0.6) is 5.75 Å². The fraction of sp³-hybridized carbons (Fsp3) is 0.385. The minimum atomic E-state index is -4.30. The van der Waals surface area contributed by atoms with Gasteiger partial charge in [0.05, 0.1) is 21.7 Å². The van der Waals surface area contributed by atoms with Crippen molar-refractivity contribution in [3.63, 3.8) is 0 Å². The largest absolute Gasteiger partial charge is 0.490 e. The van der Waals surface area contributed by atoms with Gasteiger partial charge in [-0.05, 0) is 58.0 Å². The van der Waals surface area contributed by atoms with Crippen molar-refractivity contribution in [1.29, 1.82) is 0 Å². The first-order valence-electron chi connectivity index (χ1n) is 12.5. The van der Waals surface area contributed by atoms with Crippen LogP contribution in [0.4, 0.5) is 20.3 Å². The second kappa shape index (κ2) is 9.88. The number of fused-ring (bicyclic) bond motifs is 1. The Morgan fingerprint density at radius 2 is 1.82 bits per heavy atom. The van der Waals surface area contributed by atoms with Crippen LogP contribution in [-0.2, 0) is 22.1 Å². The molecule has 0 aliphatic carbocycles. The molecule has 0 unspecified atom stereocenters. The average molecular weight is 561 g/mol. The summed E-state index contributed by atoms with van der Waals surface area (Å²) < 4.78 is 61.4. The highest BCUT2D eigenvalue weighted by atomic mass is 32.2. The molecule has 0 bridgehead atoms. The molecule has 1 amide bonds. The molecule has 39 heavy (non-hydrogen) atoms. The molecule has 1 aromatic heterocycles. The van der Waals surface area contributed by atoms with Gasteiger partial charge in [0, 0.05) is 43.0 Å². The van der Waals surface area contributed by atoms with Gasteiger partial charge in [-0.3, -0.25) is 9.89 Å². The summed E-state index contributed by atoms with van der Waals surface area (Å²) >= 11 is 0. The maximum absolute atomic E-state index is 13.8. The number of amides is 1. The summed E-state index contributed by atoms with van der Waals surface area (Å²) in [5.41, 5.74) is 6.36. The molecule has 3 heterocycles. The van der Waals surface area contributed by atoms with Gasteiger partial charge in [0.1, 0.15) is 23.5 Å². The third-order valence-electron chi connectivity index (χ3n) is 7.30. The lowest BCUT2D eigenvalue weighted by atomic mass is 10.0. The predicted octanol–water partition coefficient (Wildman–Crippen LogP) is 3.44. The zero-order valence-corrected chi connectivity index (χ0v) is 22.6. The van der Waals surface area contributed by atoms with Gasteiger partial charge in [0.2, 0.25) is 10.0 Å². The summed E-state index contributed by atoms with van der Waals surface area (Å²) in [4.78, 5) is 14.8. The van der Waals surface area contributed by atoms with E-state index in [2.05, 4.69) is 27.5 Å². The number of nitrogens with two attached hydrogens (primary N) is 1. The number of aromatic nitrogens is 2. The first kappa shape index (κ1) is 27.0. The second-order valence-corrected chi connectivity index (χ2v) is 12.3. The fourth-order valence-electron chi connectivity index (χ4n) is 5.08. The van der Waals surface area contributed by atoms with E-state index in [1.54, 1.807) is 32.0 Å². The number of piperidine rings is 1. The molecule has 0 atom stereocenters. The van der Waals surface area contributed by atoms with E-state index in [-0.39, 0.29) is 29.7 Å². The summed E-state index contributed by atoms with van der Waals surface area (Å²) in [5, 5.41) is 9.69. The lowest BCUT2D eigenvalue weighted by Crippen LogP contribution is -2.40. The van der Waals surface area contributed by atoms with Crippen LogP contribution in [-0.4, -0.2) is 60.0 Å². The number of aromatic amines is 1. The molecule has 208 valence electrons. The number of hydrogen-bond acceptors (Lipinski definition) is 7. The van der Waals surface area contributed by atoms with Gasteiger partial charge in [-0.25, -0.2) is 17.2 Å². The number of nitrogen functional groups attached to an aromatic ring is 1. The molecule has 5 rings (SSSR count). The lowest BCUT2D eigenvalue weighted by molar-refractivity contribution is 0.102. The van der Waals surface area contributed by atoms with E-state index in [9.17, 15) is 22.0 Å². The molecule has 10 nitrogen and oxygen atoms in total. The fourth-order valence-corrected chi connectivity index (χ4v) is 6.84. The summed E-state index contributed by atoms with van der Waals surface area (Å²) in [5.74, 6) is -1.81. The maximum Gasteiger partial charge on any atom is 0.258 e. The SMILES string of the molecule is CN1CCC(Oc2ccc(C(=O)Nc3n[nH]c4c3CN(S(=O)(=O)c3cc(F)cc(F)c3)C4(C)C)c(N)c2)CC1. The molecule has 0 saturated carbocycles. The Kier molecular flexibility index (Phi) is 6.85. The zero-order valence-electron chi connectivity index (χ0n) is 21.8. The van der Waals surface area contributed by atoms with E-state index >= 15 is 0 Å². The van der Waals surface area contributed by atoms with Gasteiger partial charge in [-0.1, -0.05) is 0 Å². The van der Waals surface area contributed by atoms with Crippen molar-refractivity contribution in [2.24, 2.45) is 0 Å². The average Bonchev–Trinajstić information content (AvgIpc) is 3.38. The highest BCUT2D eigenvalue weighted by molar-refractivity contribution is 7.89. The number of sulfonamides is 1. The molecule has 2 aliphatic heterocycles. The number of hydrogen-bond donors (Lipinski definition) is 3. The van der Waals surface area contributed by atoms with Gasteiger partial charge < -0.3 is 20.7 Å². The minimum Gasteiger partial charge on any atom is -0.490 e. The number of carbonyl (C=O) groups excluding carboxylic acids is 1. The van der Waals surface area contributed by atoms with Crippen LogP contribution in [0.2, 0.25) is 0 Å². The molecule has 2 aromatic carbocycles. The minimum absolute atomic E-state index is 0.0818. The first-order chi connectivity index (χ1) is 18.4. The van der Waals surface area contributed by atoms with Crippen molar-refractivity contribution < 1.29 is 26.7 Å². The number of nitrogens with one attached hydrogen (secondary N) is 2. The third-order valence-corrected chi connectivity index (χ3v) is 9.29. The zero-order chi connectivity index (χ0) is 28.1. The van der Waals surface area contributed by atoms with E-state index < -0.39 is 38.0 Å². The molecular weight excluding hydrogens is 530 g/mol. The van der Waals surface area contributed by atoms with Crippen LogP contribution < -0.4 is 15.8 Å². The van der Waals surface area contributed by atoms with Crippen molar-refractivity contribution in [3.05, 3.63) is 64.9 Å². The van der Waals surface area contributed by atoms with Crippen molar-refractivity contribution in [3.8, 4) is 5.75 Å². The summed E-state index contributed by atoms with van der Waals surface area (Å²) in [6.07, 6.45) is 1.89. The van der Waals surface area contributed by atoms with Crippen LogP contribution >= 0.6 is 0 Å². The van der Waals surface area contributed by atoms with Crippen molar-refractivity contribution >= 4 is 27.4 Å². The molecule has 4 N–H and O–H groups in total. The summed E-state index contributed by atoms with van der Waals surface area (Å²) in [6.45, 7) is 4.99. The maximum atomic E-state index is 13.8. The lowest BCUT2D eigenvalue weighted by Gasteiger charge is -2.30. The van der Waals surface area contributed by atoms with E-state index in [4.69, 9.17) is 10.5 Å². The highest BCUT2D eigenvalue weighted by Crippen LogP contribution is 2.44. The number of ether oxygens (including phenoxy) is 1. The van der Waals surface area contributed by atoms with Crippen molar-refractivity contribution in [2.45, 2.75) is 49.8 Å². The Hall–Kier alpha value is -3.55. The number of benzene rings is 2. The number of nitrogens with zero attached hydrogens (tertiary/aromatic N) is 3. The first-order valence-corrected chi connectivity index (χ1v) is 13.9. The van der Waals surface area contributed by atoms with Gasteiger partial charge in [0.25, 0.3) is 5.91 Å². The Labute approximate surface area is 225 Å². The molecule has 1 fully saturated rings. The Morgan fingerprint density at radius 1 is 1.15 bits per heavy atom. The smallest absolute Gasteiger partial charge is 0.258 e. The van der Waals surface area contributed by atoms with Crippen LogP contribution in [0.25, 0.3) is 0 Å². The third kappa shape index (κ3) is 5.09. The van der Waals surface area contributed by atoms with E-state index in [0.717, 1.165) is 42.4 Å². The van der Waals surface area contributed by atoms with Crippen LogP contribution in [0.3, 0.4) is 0 Å². The molecule has 0 radical (unpaired) electrons. The van der Waals surface area contributed by atoms with Crippen LogP contribution in [0.1, 0.15) is 48.3 Å². The van der Waals surface area contributed by atoms with Gasteiger partial charge in [0.15, 0.2) is 5.82 Å². The number of likely N-dealkylation sites (tertiary alicyclic amines) is 1. The predicted molar refractivity (Wildman–Crippen MR) is 141 cm³/mol. The Balaban J connectivity index is 1.34. The summed E-state index contributed by atoms with van der Waals surface area (Å²) in [6, 6.07) is 7.01. The molecule has 3 aromatic rings. The molecule has 0 spiro atoms. The topological polar surface area (TPSA) is 134 Å². The monoisotopic (exact) mass is 560 g/mol. The normalized spacial score (nSPS) is 18.2. The van der Waals surface area contributed by atoms with Crippen LogP contribution in [0.15, 0.2) is 41.3 Å². The molecular formula is C26H30F2N6O4S. The Bertz CT molecular complexity index is 1510. The highest BCUT2D eigenvalue weighted by Gasteiger charge is 2.48. The number of rotatable bonds is 6. The van der Waals surface area contributed by atoms with Gasteiger partial charge in [-0.2, -0.15) is 9.40 Å². The summed E-state index contributed by atoms with van der Waals surface area (Å²) in [7, 11) is -2.23. The number of halogens is 2. The standard InChI is InChI=1S/C26H30F2N6O4S/c1-26(2)23-21(14-34(26)39(36,37)19-11-15(27)10-16(28)12-19)24(32-31-23)30-25(35)20-5-4-18(13-22(20)29)38-17-6-8-33(3)9-7-17/h4-5,10-13,17H,6-9,14,29H2,1-3H3,(H2,30,31,32,35). The number of carbonyl (C=O) groups is 1. The number of anilines is 2. The molecule has 1 saturated heterocycles. The quantitative estimate of drug-likeness (QED) is 0.393. The van der Waals surface area contributed by atoms with Crippen LogP contribution in [0, 0.1) is 11.6 Å². The van der Waals surface area contributed by atoms with E-state index in [1.807, 2.05) is 0 Å².